The maximum atomic E-state index is 12.9. The first kappa shape index (κ1) is 96.7. The molecule has 0 aromatic rings. The van der Waals surface area contributed by atoms with Gasteiger partial charge in [-0.05, 0) is 116 Å². The number of hydrogen-bond acceptors (Lipinski definition) is 14. The van der Waals surface area contributed by atoms with E-state index in [1.54, 1.807) is 0 Å². The fourth-order valence-corrected chi connectivity index (χ4v) is 12.0. The summed E-state index contributed by atoms with van der Waals surface area (Å²) in [6.07, 6.45) is 90.7. The van der Waals surface area contributed by atoms with Crippen LogP contribution in [0.1, 0.15) is 316 Å². The molecule has 0 spiro atoms. The number of aliphatic hydroxyl groups excluding tert-OH is 2. The van der Waals surface area contributed by atoms with Crippen LogP contribution in [0.3, 0.4) is 0 Å². The maximum absolute atomic E-state index is 12.9. The number of rotatable bonds is 74. The van der Waals surface area contributed by atoms with Crippen LogP contribution in [0.5, 0.6) is 0 Å². The Kier molecular flexibility index (Phi) is 72.2. The molecule has 0 saturated heterocycles. The molecule has 0 aromatic carbocycles. The highest BCUT2D eigenvalue weighted by Gasteiger charge is 2.29. The van der Waals surface area contributed by atoms with Gasteiger partial charge in [0.05, 0.1) is 26.4 Å². The quantitative estimate of drug-likeness (QED) is 0.0146. The van der Waals surface area contributed by atoms with Crippen LogP contribution >= 0.6 is 15.6 Å². The van der Waals surface area contributed by atoms with Crippen molar-refractivity contribution in [2.75, 3.05) is 39.6 Å². The minimum atomic E-state index is -4.93. The minimum absolute atomic E-state index is 0.101. The predicted octanol–water partition coefficient (Wildman–Crippen LogP) is 23.1. The Morgan fingerprint density at radius 1 is 0.287 bits per heavy atom. The zero-order valence-corrected chi connectivity index (χ0v) is 65.1. The standard InChI is InChI=1S/C83H142O16P2/c1-4-7-10-13-16-19-22-25-27-29-31-33-34-35-36-37-38-39-40-41-42-44-46-47-49-52-54-57-60-63-66-69-81(86)93-72-78(84)73-95-100(89,90)96-74-79(85)75-97-101(91,92)98-77-80(99-83(88)71-68-65-62-59-56-51-24-21-18-15-12-9-6-3)76-94-82(87)70-67-64-61-58-55-53-50-48-45-43-32-30-28-26-23-20-17-14-11-8-5-2/h7-8,10-11,16-17,19-20,25-28,31-33,35-36,38-39,43,48,50,78-80,84-85H,4-6,9,12-15,18,21-24,29-30,34,37,40-42,44-47,49,51-77H2,1-3H3,(H,89,90)(H,91,92)/b10-7-,11-8-,19-16-,20-17-,27-25-,28-26-,33-31-,36-35-,39-38-,43-32-,50-48-. The summed E-state index contributed by atoms with van der Waals surface area (Å²) < 4.78 is 61.1. The molecule has 16 nitrogen and oxygen atoms in total. The second-order valence-electron chi connectivity index (χ2n) is 26.1. The van der Waals surface area contributed by atoms with Crippen LogP contribution in [-0.2, 0) is 55.8 Å². The highest BCUT2D eigenvalue weighted by Crippen LogP contribution is 2.45. The van der Waals surface area contributed by atoms with Gasteiger partial charge in [-0.15, -0.1) is 0 Å². The molecule has 18 heteroatoms. The van der Waals surface area contributed by atoms with E-state index in [9.17, 15) is 43.5 Å². The van der Waals surface area contributed by atoms with E-state index >= 15 is 0 Å². The van der Waals surface area contributed by atoms with E-state index in [4.69, 9.17) is 32.3 Å². The highest BCUT2D eigenvalue weighted by atomic mass is 31.2. The molecular formula is C83H142O16P2. The average molecular weight is 1460 g/mol. The lowest BCUT2D eigenvalue weighted by Gasteiger charge is -2.21. The molecule has 5 unspecified atom stereocenters. The summed E-state index contributed by atoms with van der Waals surface area (Å²) in [4.78, 5) is 58.6. The van der Waals surface area contributed by atoms with E-state index in [1.165, 1.54) is 103 Å². The Morgan fingerprint density at radius 3 is 0.832 bits per heavy atom. The molecule has 0 amide bonds. The van der Waals surface area contributed by atoms with Crippen molar-refractivity contribution < 1.29 is 75.8 Å². The molecule has 580 valence electrons. The number of aliphatic hydroxyl groups is 2. The SMILES string of the molecule is CC/C=C\C/C=C\C/C=C\C/C=C\C/C=C\C/C=C\CCCCCCCCCCCCCCC(=O)OCC(O)COP(=O)(O)OCC(O)COP(=O)(O)OCC(COC(=O)CCCCCCC/C=C\C/C=C\C/C=C\C/C=C\C/C=C\CC)OC(=O)CCCCCCCCCCCCCCC. The lowest BCUT2D eigenvalue weighted by Crippen LogP contribution is -2.30. The van der Waals surface area contributed by atoms with Gasteiger partial charge in [-0.1, -0.05) is 315 Å². The fraction of sp³-hybridized carbons (Fsp3) is 0.699. The monoisotopic (exact) mass is 1460 g/mol. The molecule has 0 fully saturated rings. The van der Waals surface area contributed by atoms with Crippen LogP contribution in [0.25, 0.3) is 0 Å². The third kappa shape index (κ3) is 76.6. The molecule has 0 aliphatic heterocycles. The lowest BCUT2D eigenvalue weighted by atomic mass is 10.0. The van der Waals surface area contributed by atoms with Crippen molar-refractivity contribution >= 4 is 33.6 Å². The number of phosphoric acid groups is 2. The maximum Gasteiger partial charge on any atom is 0.472 e. The smallest absolute Gasteiger partial charge is 0.463 e. The Bertz CT molecular complexity index is 2370. The van der Waals surface area contributed by atoms with Crippen LogP contribution in [0.4, 0.5) is 0 Å². The molecule has 0 aliphatic carbocycles. The van der Waals surface area contributed by atoms with Gasteiger partial charge in [-0.3, -0.25) is 32.5 Å². The van der Waals surface area contributed by atoms with E-state index in [2.05, 4.69) is 154 Å². The van der Waals surface area contributed by atoms with Crippen LogP contribution in [-0.4, -0.2) is 95.9 Å². The minimum Gasteiger partial charge on any atom is -0.463 e. The Balaban J connectivity index is 4.48. The first-order valence-electron chi connectivity index (χ1n) is 39.5. The summed E-state index contributed by atoms with van der Waals surface area (Å²) in [5.74, 6) is -1.59. The summed E-state index contributed by atoms with van der Waals surface area (Å²) in [6, 6.07) is 0. The highest BCUT2D eigenvalue weighted by molar-refractivity contribution is 7.47. The van der Waals surface area contributed by atoms with Crippen molar-refractivity contribution in [3.8, 4) is 0 Å². The van der Waals surface area contributed by atoms with Crippen LogP contribution in [0, 0.1) is 0 Å². The van der Waals surface area contributed by atoms with Gasteiger partial charge in [0.1, 0.15) is 25.4 Å². The molecule has 0 aromatic heterocycles. The topological polar surface area (TPSA) is 231 Å². The molecule has 0 rings (SSSR count). The van der Waals surface area contributed by atoms with Gasteiger partial charge in [0.25, 0.3) is 0 Å². The first-order chi connectivity index (χ1) is 49.2. The number of unbranched alkanes of at least 4 members (excludes halogenated alkanes) is 29. The van der Waals surface area contributed by atoms with Gasteiger partial charge in [0.15, 0.2) is 6.10 Å². The number of phosphoric ester groups is 2. The van der Waals surface area contributed by atoms with Crippen molar-refractivity contribution in [3.63, 3.8) is 0 Å². The van der Waals surface area contributed by atoms with Gasteiger partial charge >= 0.3 is 33.6 Å². The Labute approximate surface area is 614 Å². The van der Waals surface area contributed by atoms with Gasteiger partial charge < -0.3 is 34.2 Å². The molecular weight excluding hydrogens is 1310 g/mol. The number of ether oxygens (including phenoxy) is 3. The van der Waals surface area contributed by atoms with Crippen LogP contribution < -0.4 is 0 Å². The normalized spacial score (nSPS) is 14.7. The lowest BCUT2D eigenvalue weighted by molar-refractivity contribution is -0.161. The third-order valence-corrected chi connectivity index (χ3v) is 18.3. The Morgan fingerprint density at radius 2 is 0.525 bits per heavy atom. The van der Waals surface area contributed by atoms with Crippen molar-refractivity contribution in [3.05, 3.63) is 134 Å². The summed E-state index contributed by atoms with van der Waals surface area (Å²) in [7, 11) is -9.79. The van der Waals surface area contributed by atoms with E-state index in [0.29, 0.717) is 19.3 Å². The summed E-state index contributed by atoms with van der Waals surface area (Å²) in [5.41, 5.74) is 0. The molecule has 4 N–H and O–H groups in total. The van der Waals surface area contributed by atoms with Crippen molar-refractivity contribution in [1.29, 1.82) is 0 Å². The third-order valence-electron chi connectivity index (χ3n) is 16.4. The van der Waals surface area contributed by atoms with Crippen molar-refractivity contribution in [1.82, 2.24) is 0 Å². The molecule has 0 saturated carbocycles. The summed E-state index contributed by atoms with van der Waals surface area (Å²) >= 11 is 0. The second-order valence-corrected chi connectivity index (χ2v) is 29.0. The molecule has 5 atom stereocenters. The molecule has 0 bridgehead atoms. The number of esters is 3. The second kappa shape index (κ2) is 75.4. The molecule has 0 aliphatic rings. The number of carbonyl (C=O) groups is 3. The van der Waals surface area contributed by atoms with E-state index in [0.717, 1.165) is 154 Å². The predicted molar refractivity (Wildman–Crippen MR) is 417 cm³/mol. The number of hydrogen-bond donors (Lipinski definition) is 4. The Hall–Kier alpha value is -4.31. The van der Waals surface area contributed by atoms with E-state index in [-0.39, 0.29) is 19.3 Å². The number of allylic oxidation sites excluding steroid dienone is 22. The summed E-state index contributed by atoms with van der Waals surface area (Å²) in [5, 5.41) is 20.6. The van der Waals surface area contributed by atoms with Gasteiger partial charge in [-0.2, -0.15) is 0 Å². The largest absolute Gasteiger partial charge is 0.472 e. The fourth-order valence-electron chi connectivity index (χ4n) is 10.4. The van der Waals surface area contributed by atoms with E-state index < -0.39 is 91.5 Å². The van der Waals surface area contributed by atoms with Gasteiger partial charge in [0.2, 0.25) is 0 Å². The summed E-state index contributed by atoms with van der Waals surface area (Å²) in [6.45, 7) is 2.44. The van der Waals surface area contributed by atoms with Crippen molar-refractivity contribution in [2.24, 2.45) is 0 Å². The van der Waals surface area contributed by atoms with Crippen molar-refractivity contribution in [2.45, 2.75) is 334 Å². The molecule has 101 heavy (non-hydrogen) atoms. The van der Waals surface area contributed by atoms with Crippen LogP contribution in [0.2, 0.25) is 0 Å². The van der Waals surface area contributed by atoms with Gasteiger partial charge in [-0.25, -0.2) is 9.13 Å². The average Bonchev–Trinajstić information content (AvgIpc) is 0.936. The molecule has 0 heterocycles. The molecule has 0 radical (unpaired) electrons. The van der Waals surface area contributed by atoms with Crippen LogP contribution in [0.15, 0.2) is 134 Å². The first-order valence-corrected chi connectivity index (χ1v) is 42.5. The zero-order valence-electron chi connectivity index (χ0n) is 63.3. The van der Waals surface area contributed by atoms with Gasteiger partial charge in [0, 0.05) is 19.3 Å². The van der Waals surface area contributed by atoms with E-state index in [1.807, 2.05) is 0 Å². The number of carbonyl (C=O) groups excluding carboxylic acids is 3. The zero-order chi connectivity index (χ0) is 73.7.